The SMILES string of the molecule is CCN(CC)c1ccc(CN[C@@H]2C[C@@H](C(=O)N3CCc4cc(OC)c(OC)cc4C3)N(Cc3ccccc3)C2)cc1. The molecule has 2 aliphatic heterocycles. The smallest absolute Gasteiger partial charge is 0.240 e. The van der Waals surface area contributed by atoms with Crippen molar-refractivity contribution in [2.45, 2.75) is 58.4 Å². The van der Waals surface area contributed by atoms with Crippen molar-refractivity contribution in [2.75, 3.05) is 45.3 Å². The fourth-order valence-corrected chi connectivity index (χ4v) is 6.26. The summed E-state index contributed by atoms with van der Waals surface area (Å²) in [5, 5.41) is 3.77. The molecule has 0 aliphatic carbocycles. The van der Waals surface area contributed by atoms with Crippen molar-refractivity contribution in [3.63, 3.8) is 0 Å². The largest absolute Gasteiger partial charge is 0.493 e. The average Bonchev–Trinajstić information content (AvgIpc) is 3.42. The summed E-state index contributed by atoms with van der Waals surface area (Å²) in [6, 6.07) is 23.5. The Balaban J connectivity index is 1.28. The molecule has 5 rings (SSSR count). The molecular weight excluding hydrogens is 512 g/mol. The van der Waals surface area contributed by atoms with Crippen LogP contribution in [-0.4, -0.2) is 68.2 Å². The van der Waals surface area contributed by atoms with Gasteiger partial charge >= 0.3 is 0 Å². The monoisotopic (exact) mass is 556 g/mol. The molecule has 3 aromatic rings. The molecule has 0 bridgehead atoms. The van der Waals surface area contributed by atoms with Gasteiger partial charge in [-0.15, -0.1) is 0 Å². The van der Waals surface area contributed by atoms with E-state index in [1.54, 1.807) is 14.2 Å². The number of anilines is 1. The second-order valence-corrected chi connectivity index (χ2v) is 11.1. The summed E-state index contributed by atoms with van der Waals surface area (Å²) in [6.07, 6.45) is 1.62. The zero-order valence-corrected chi connectivity index (χ0v) is 24.9. The number of amides is 1. The second-order valence-electron chi connectivity index (χ2n) is 11.1. The first-order valence-corrected chi connectivity index (χ1v) is 14.9. The highest BCUT2D eigenvalue weighted by molar-refractivity contribution is 5.82. The number of hydrogen-bond acceptors (Lipinski definition) is 6. The number of benzene rings is 3. The van der Waals surface area contributed by atoms with Crippen LogP contribution in [0.3, 0.4) is 0 Å². The van der Waals surface area contributed by atoms with Gasteiger partial charge in [0.05, 0.1) is 20.3 Å². The van der Waals surface area contributed by atoms with Gasteiger partial charge in [-0.3, -0.25) is 9.69 Å². The molecule has 0 aromatic heterocycles. The number of likely N-dealkylation sites (tertiary alicyclic amines) is 1. The molecule has 1 fully saturated rings. The lowest BCUT2D eigenvalue weighted by Gasteiger charge is -2.34. The van der Waals surface area contributed by atoms with Crippen molar-refractivity contribution in [1.29, 1.82) is 0 Å². The van der Waals surface area contributed by atoms with E-state index in [1.165, 1.54) is 22.4 Å². The number of carbonyl (C=O) groups is 1. The van der Waals surface area contributed by atoms with Crippen molar-refractivity contribution in [3.8, 4) is 11.5 Å². The van der Waals surface area contributed by atoms with E-state index in [9.17, 15) is 4.79 Å². The molecule has 1 N–H and O–H groups in total. The van der Waals surface area contributed by atoms with Crippen LogP contribution in [0.2, 0.25) is 0 Å². The van der Waals surface area contributed by atoms with Crippen molar-refractivity contribution in [1.82, 2.24) is 15.1 Å². The summed E-state index contributed by atoms with van der Waals surface area (Å²) in [7, 11) is 3.32. The van der Waals surface area contributed by atoms with Crippen LogP contribution in [0.1, 0.15) is 42.5 Å². The van der Waals surface area contributed by atoms with Gasteiger partial charge in [-0.2, -0.15) is 0 Å². The molecule has 218 valence electrons. The Hall–Kier alpha value is -3.55. The van der Waals surface area contributed by atoms with E-state index in [0.29, 0.717) is 18.8 Å². The zero-order valence-electron chi connectivity index (χ0n) is 24.9. The fourth-order valence-electron chi connectivity index (χ4n) is 6.26. The Bertz CT molecular complexity index is 1290. The highest BCUT2D eigenvalue weighted by atomic mass is 16.5. The molecule has 1 amide bonds. The number of nitrogens with one attached hydrogen (secondary N) is 1. The van der Waals surface area contributed by atoms with Gasteiger partial charge in [0.1, 0.15) is 0 Å². The molecule has 0 unspecified atom stereocenters. The fraction of sp³-hybridized carbons (Fsp3) is 0.441. The van der Waals surface area contributed by atoms with E-state index >= 15 is 0 Å². The van der Waals surface area contributed by atoms with E-state index in [4.69, 9.17) is 9.47 Å². The van der Waals surface area contributed by atoms with Crippen molar-refractivity contribution >= 4 is 11.6 Å². The van der Waals surface area contributed by atoms with Crippen molar-refractivity contribution < 1.29 is 14.3 Å². The van der Waals surface area contributed by atoms with Crippen LogP contribution in [0.4, 0.5) is 5.69 Å². The van der Waals surface area contributed by atoms with Crippen molar-refractivity contribution in [2.24, 2.45) is 0 Å². The van der Waals surface area contributed by atoms with Crippen LogP contribution < -0.4 is 19.7 Å². The predicted octanol–water partition coefficient (Wildman–Crippen LogP) is 4.87. The lowest BCUT2D eigenvalue weighted by Crippen LogP contribution is -2.47. The molecule has 7 heteroatoms. The maximum absolute atomic E-state index is 14.1. The number of hydrogen-bond donors (Lipinski definition) is 1. The summed E-state index contributed by atoms with van der Waals surface area (Å²) in [5.41, 5.74) is 6.13. The third-order valence-corrected chi connectivity index (χ3v) is 8.61. The van der Waals surface area contributed by atoms with Crippen molar-refractivity contribution in [3.05, 3.63) is 89.0 Å². The van der Waals surface area contributed by atoms with Gasteiger partial charge in [0.15, 0.2) is 11.5 Å². The molecule has 41 heavy (non-hydrogen) atoms. The molecule has 2 atom stereocenters. The third-order valence-electron chi connectivity index (χ3n) is 8.61. The first-order valence-electron chi connectivity index (χ1n) is 14.9. The summed E-state index contributed by atoms with van der Waals surface area (Å²) in [6.45, 7) is 10.1. The molecule has 0 radical (unpaired) electrons. The lowest BCUT2D eigenvalue weighted by atomic mass is 9.98. The van der Waals surface area contributed by atoms with Gasteiger partial charge in [-0.05, 0) is 73.2 Å². The number of nitrogens with zero attached hydrogens (tertiary/aromatic N) is 3. The van der Waals surface area contributed by atoms with E-state index in [1.807, 2.05) is 17.0 Å². The van der Waals surface area contributed by atoms with Gasteiger partial charge in [0.25, 0.3) is 0 Å². The number of carbonyl (C=O) groups excluding carboxylic acids is 1. The molecule has 2 aliphatic rings. The summed E-state index contributed by atoms with van der Waals surface area (Å²) >= 11 is 0. The average molecular weight is 557 g/mol. The van der Waals surface area contributed by atoms with E-state index in [-0.39, 0.29) is 18.0 Å². The normalized spacial score (nSPS) is 18.7. The van der Waals surface area contributed by atoms with Gasteiger partial charge < -0.3 is 24.6 Å². The van der Waals surface area contributed by atoms with Crippen LogP contribution in [0.5, 0.6) is 11.5 Å². The molecule has 0 spiro atoms. The number of rotatable bonds is 11. The van der Waals surface area contributed by atoms with Crippen LogP contribution in [0.25, 0.3) is 0 Å². The second kappa shape index (κ2) is 13.4. The van der Waals surface area contributed by atoms with Crippen LogP contribution in [-0.2, 0) is 30.8 Å². The summed E-state index contributed by atoms with van der Waals surface area (Å²) in [5.74, 6) is 1.67. The van der Waals surface area contributed by atoms with E-state index < -0.39 is 0 Å². The zero-order chi connectivity index (χ0) is 28.8. The summed E-state index contributed by atoms with van der Waals surface area (Å²) < 4.78 is 11.0. The highest BCUT2D eigenvalue weighted by Gasteiger charge is 2.39. The lowest BCUT2D eigenvalue weighted by molar-refractivity contribution is -0.137. The first-order chi connectivity index (χ1) is 20.0. The molecule has 7 nitrogen and oxygen atoms in total. The van der Waals surface area contributed by atoms with E-state index in [2.05, 4.69) is 83.6 Å². The summed E-state index contributed by atoms with van der Waals surface area (Å²) in [4.78, 5) is 20.8. The quantitative estimate of drug-likeness (QED) is 0.364. The number of ether oxygens (including phenoxy) is 2. The molecule has 0 saturated carbocycles. The number of methoxy groups -OCH3 is 2. The molecule has 2 heterocycles. The Labute approximate surface area is 245 Å². The van der Waals surface area contributed by atoms with Crippen LogP contribution in [0.15, 0.2) is 66.7 Å². The standard InChI is InChI=1S/C34H44N4O3/c1-5-36(6-2)30-14-12-25(13-15-30)21-35-29-20-31(38(24-29)22-26-10-8-7-9-11-26)34(39)37-17-16-27-18-32(40-3)33(41-4)19-28(27)23-37/h7-15,18-19,29,31,35H,5-6,16-17,20-24H2,1-4H3/t29-,31+/m1/s1. The maximum Gasteiger partial charge on any atom is 0.240 e. The third kappa shape index (κ3) is 6.68. The van der Waals surface area contributed by atoms with E-state index in [0.717, 1.165) is 56.9 Å². The minimum absolute atomic E-state index is 0.153. The molecular formula is C34H44N4O3. The Morgan fingerprint density at radius 2 is 1.61 bits per heavy atom. The minimum atomic E-state index is -0.153. The Kier molecular flexibility index (Phi) is 9.47. The Morgan fingerprint density at radius 3 is 2.27 bits per heavy atom. The van der Waals surface area contributed by atoms with Gasteiger partial charge in [0, 0.05) is 57.5 Å². The predicted molar refractivity (Wildman–Crippen MR) is 165 cm³/mol. The first kappa shape index (κ1) is 29.0. The van der Waals surface area contributed by atoms with Gasteiger partial charge in [-0.25, -0.2) is 0 Å². The highest BCUT2D eigenvalue weighted by Crippen LogP contribution is 2.34. The molecule has 3 aromatic carbocycles. The topological polar surface area (TPSA) is 57.3 Å². The Morgan fingerprint density at radius 1 is 0.927 bits per heavy atom. The molecule has 1 saturated heterocycles. The maximum atomic E-state index is 14.1. The minimum Gasteiger partial charge on any atom is -0.493 e. The van der Waals surface area contributed by atoms with Crippen LogP contribution >= 0.6 is 0 Å². The number of fused-ring (bicyclic) bond motifs is 1. The van der Waals surface area contributed by atoms with Crippen LogP contribution in [0, 0.1) is 0 Å². The van der Waals surface area contributed by atoms with Gasteiger partial charge in [-0.1, -0.05) is 42.5 Å². The van der Waals surface area contributed by atoms with Gasteiger partial charge in [0.2, 0.25) is 5.91 Å².